The van der Waals surface area contributed by atoms with Crippen molar-refractivity contribution in [2.45, 2.75) is 24.9 Å². The lowest BCUT2D eigenvalue weighted by atomic mass is 9.89. The Labute approximate surface area is 209 Å². The number of morpholine rings is 1. The van der Waals surface area contributed by atoms with Crippen LogP contribution in [0.25, 0.3) is 17.0 Å². The average Bonchev–Trinajstić information content (AvgIpc) is 3.54. The lowest BCUT2D eigenvalue weighted by molar-refractivity contribution is -0.134. The third-order valence-electron chi connectivity index (χ3n) is 7.43. The molecular weight excluding hydrogens is 461 g/mol. The zero-order valence-electron chi connectivity index (χ0n) is 20.1. The Morgan fingerprint density at radius 3 is 2.83 bits per heavy atom. The van der Waals surface area contributed by atoms with E-state index in [0.717, 1.165) is 54.7 Å². The van der Waals surface area contributed by atoms with Crippen LogP contribution in [-0.2, 0) is 9.53 Å². The highest BCUT2D eigenvalue weighted by Gasteiger charge is 2.28. The van der Waals surface area contributed by atoms with Crippen LogP contribution < -0.4 is 9.47 Å². The van der Waals surface area contributed by atoms with Gasteiger partial charge < -0.3 is 29.0 Å². The second-order valence-electron chi connectivity index (χ2n) is 9.73. The first-order valence-corrected chi connectivity index (χ1v) is 12.6. The van der Waals surface area contributed by atoms with E-state index in [0.29, 0.717) is 31.4 Å². The summed E-state index contributed by atoms with van der Waals surface area (Å²) in [5.41, 5.74) is 3.10. The number of likely N-dealkylation sites (tertiary alicyclic amines) is 1. The lowest BCUT2D eigenvalue weighted by Gasteiger charge is -2.38. The fourth-order valence-corrected chi connectivity index (χ4v) is 5.49. The second-order valence-corrected chi connectivity index (χ2v) is 9.73. The first-order valence-electron chi connectivity index (χ1n) is 12.6. The van der Waals surface area contributed by atoms with Gasteiger partial charge >= 0.3 is 0 Å². The Kier molecular flexibility index (Phi) is 6.37. The molecule has 4 heterocycles. The Morgan fingerprint density at radius 2 is 1.94 bits per heavy atom. The number of amides is 1. The summed E-state index contributed by atoms with van der Waals surface area (Å²) in [7, 11) is 0. The molecule has 1 unspecified atom stereocenters. The number of carbonyl (C=O) groups is 1. The van der Waals surface area contributed by atoms with E-state index in [2.05, 4.69) is 9.88 Å². The van der Waals surface area contributed by atoms with Crippen LogP contribution in [0, 0.1) is 5.82 Å². The van der Waals surface area contributed by atoms with Gasteiger partial charge in [0.15, 0.2) is 11.5 Å². The van der Waals surface area contributed by atoms with Crippen molar-refractivity contribution < 1.29 is 23.4 Å². The SMILES string of the molecule is O=C(/C=C/c1ccc2c(c1)OCO2)N1CCOC(CN2CCC(c3c[nH]c4ccc(F)cc34)CC2)C1. The van der Waals surface area contributed by atoms with Gasteiger partial charge in [0.1, 0.15) is 5.82 Å². The predicted molar refractivity (Wildman–Crippen MR) is 135 cm³/mol. The molecule has 6 rings (SSSR count). The minimum absolute atomic E-state index is 0.000350. The molecule has 2 saturated heterocycles. The third-order valence-corrected chi connectivity index (χ3v) is 7.43. The van der Waals surface area contributed by atoms with Crippen molar-refractivity contribution in [2.75, 3.05) is 46.1 Å². The molecule has 0 radical (unpaired) electrons. The number of aromatic amines is 1. The largest absolute Gasteiger partial charge is 0.454 e. The quantitative estimate of drug-likeness (QED) is 0.543. The standard InChI is InChI=1S/C28H30FN3O4/c29-21-3-4-25-23(14-21)24(15-30-25)20-7-9-31(10-8-20)16-22-17-32(11-12-34-22)28(33)6-2-19-1-5-26-27(13-19)36-18-35-26/h1-6,13-15,20,22,30H,7-12,16-18H2/b6-2+. The first-order chi connectivity index (χ1) is 17.6. The van der Waals surface area contributed by atoms with Crippen LogP contribution in [0.1, 0.15) is 29.9 Å². The molecule has 188 valence electrons. The van der Waals surface area contributed by atoms with Gasteiger partial charge in [-0.3, -0.25) is 4.79 Å². The van der Waals surface area contributed by atoms with E-state index in [1.165, 1.54) is 11.6 Å². The number of halogens is 1. The van der Waals surface area contributed by atoms with Crippen LogP contribution in [0.5, 0.6) is 11.5 Å². The molecule has 0 spiro atoms. The number of ether oxygens (including phenoxy) is 3. The number of nitrogens with one attached hydrogen (secondary N) is 1. The van der Waals surface area contributed by atoms with Gasteiger partial charge in [0.25, 0.3) is 0 Å². The molecular formula is C28H30FN3O4. The number of rotatable bonds is 5. The van der Waals surface area contributed by atoms with Crippen molar-refractivity contribution in [1.29, 1.82) is 0 Å². The second kappa shape index (κ2) is 9.95. The van der Waals surface area contributed by atoms with Gasteiger partial charge in [-0.1, -0.05) is 6.07 Å². The molecule has 1 aromatic heterocycles. The summed E-state index contributed by atoms with van der Waals surface area (Å²) in [5.74, 6) is 1.65. The number of carbonyl (C=O) groups excluding carboxylic acids is 1. The number of piperidine rings is 1. The van der Waals surface area contributed by atoms with Gasteiger partial charge in [0, 0.05) is 42.8 Å². The molecule has 2 aromatic carbocycles. The Bertz CT molecular complexity index is 1280. The van der Waals surface area contributed by atoms with Crippen LogP contribution in [0.4, 0.5) is 4.39 Å². The van der Waals surface area contributed by atoms with Gasteiger partial charge in [-0.2, -0.15) is 0 Å². The van der Waals surface area contributed by atoms with Crippen LogP contribution >= 0.6 is 0 Å². The summed E-state index contributed by atoms with van der Waals surface area (Å²) >= 11 is 0. The fourth-order valence-electron chi connectivity index (χ4n) is 5.49. The molecule has 0 bridgehead atoms. The number of nitrogens with zero attached hydrogens (tertiary/aromatic N) is 2. The Morgan fingerprint density at radius 1 is 1.08 bits per heavy atom. The maximum atomic E-state index is 13.8. The number of fused-ring (bicyclic) bond motifs is 2. The van der Waals surface area contributed by atoms with Gasteiger partial charge in [0.05, 0.1) is 12.7 Å². The predicted octanol–water partition coefficient (Wildman–Crippen LogP) is 4.16. The normalized spacial score (nSPS) is 21.0. The zero-order valence-corrected chi connectivity index (χ0v) is 20.1. The zero-order chi connectivity index (χ0) is 24.5. The molecule has 3 aliphatic heterocycles. The Hall–Kier alpha value is -3.36. The minimum Gasteiger partial charge on any atom is -0.454 e. The van der Waals surface area contributed by atoms with E-state index >= 15 is 0 Å². The number of benzene rings is 2. The highest BCUT2D eigenvalue weighted by molar-refractivity contribution is 5.92. The van der Waals surface area contributed by atoms with Gasteiger partial charge in [-0.05, 0) is 79.4 Å². The summed E-state index contributed by atoms with van der Waals surface area (Å²) in [6.45, 7) is 4.70. The van der Waals surface area contributed by atoms with Gasteiger partial charge in [-0.25, -0.2) is 4.39 Å². The molecule has 36 heavy (non-hydrogen) atoms. The van der Waals surface area contributed by atoms with Gasteiger partial charge in [-0.15, -0.1) is 0 Å². The summed E-state index contributed by atoms with van der Waals surface area (Å²) in [6, 6.07) is 10.6. The van der Waals surface area contributed by atoms with Crippen LogP contribution in [0.3, 0.4) is 0 Å². The molecule has 7 nitrogen and oxygen atoms in total. The van der Waals surface area contributed by atoms with E-state index in [4.69, 9.17) is 14.2 Å². The van der Waals surface area contributed by atoms with Crippen LogP contribution in [0.15, 0.2) is 48.7 Å². The minimum atomic E-state index is -0.194. The number of hydrogen-bond donors (Lipinski definition) is 1. The topological polar surface area (TPSA) is 67.0 Å². The van der Waals surface area contributed by atoms with Crippen LogP contribution in [0.2, 0.25) is 0 Å². The van der Waals surface area contributed by atoms with Crippen molar-refractivity contribution in [2.24, 2.45) is 0 Å². The lowest BCUT2D eigenvalue weighted by Crippen LogP contribution is -2.50. The molecule has 3 aliphatic rings. The average molecular weight is 492 g/mol. The molecule has 0 saturated carbocycles. The summed E-state index contributed by atoms with van der Waals surface area (Å²) in [4.78, 5) is 20.4. The molecule has 2 fully saturated rings. The molecule has 1 amide bonds. The first kappa shape index (κ1) is 23.1. The molecule has 0 aliphatic carbocycles. The number of hydrogen-bond acceptors (Lipinski definition) is 5. The van der Waals surface area contributed by atoms with Gasteiger partial charge in [0.2, 0.25) is 12.7 Å². The highest BCUT2D eigenvalue weighted by Crippen LogP contribution is 2.34. The van der Waals surface area contributed by atoms with Crippen molar-refractivity contribution >= 4 is 22.9 Å². The van der Waals surface area contributed by atoms with E-state index < -0.39 is 0 Å². The maximum Gasteiger partial charge on any atom is 0.246 e. The maximum absolute atomic E-state index is 13.8. The highest BCUT2D eigenvalue weighted by atomic mass is 19.1. The van der Waals surface area contributed by atoms with E-state index in [1.54, 1.807) is 18.2 Å². The molecule has 8 heteroatoms. The van der Waals surface area contributed by atoms with Crippen molar-refractivity contribution in [3.63, 3.8) is 0 Å². The number of aromatic nitrogens is 1. The fraction of sp³-hybridized carbons (Fsp3) is 0.393. The molecule has 1 atom stereocenters. The Balaban J connectivity index is 1.01. The van der Waals surface area contributed by atoms with E-state index in [9.17, 15) is 9.18 Å². The molecule has 3 aromatic rings. The van der Waals surface area contributed by atoms with E-state index in [-0.39, 0.29) is 24.6 Å². The van der Waals surface area contributed by atoms with Crippen molar-refractivity contribution in [3.05, 3.63) is 65.6 Å². The van der Waals surface area contributed by atoms with Crippen molar-refractivity contribution in [1.82, 2.24) is 14.8 Å². The summed E-state index contributed by atoms with van der Waals surface area (Å²) < 4.78 is 30.5. The molecule has 1 N–H and O–H groups in total. The summed E-state index contributed by atoms with van der Waals surface area (Å²) in [6.07, 6.45) is 7.52. The number of H-pyrrole nitrogens is 1. The smallest absolute Gasteiger partial charge is 0.246 e. The summed E-state index contributed by atoms with van der Waals surface area (Å²) in [5, 5.41) is 0.993. The van der Waals surface area contributed by atoms with Crippen LogP contribution in [-0.4, -0.2) is 72.9 Å². The van der Waals surface area contributed by atoms with Crippen molar-refractivity contribution in [3.8, 4) is 11.5 Å². The van der Waals surface area contributed by atoms with E-state index in [1.807, 2.05) is 35.4 Å². The third kappa shape index (κ3) is 4.83. The monoisotopic (exact) mass is 491 g/mol.